The van der Waals surface area contributed by atoms with Crippen molar-refractivity contribution >= 4 is 23.4 Å². The highest BCUT2D eigenvalue weighted by atomic mass is 16.6. The molecule has 0 spiro atoms. The van der Waals surface area contributed by atoms with Crippen LogP contribution < -0.4 is 16.4 Å². The first-order chi connectivity index (χ1) is 19.2. The number of aliphatic hydroxyl groups is 1. The first kappa shape index (κ1) is 24.7. The van der Waals surface area contributed by atoms with E-state index in [2.05, 4.69) is 20.8 Å². The molecule has 204 valence electrons. The molecule has 0 radical (unpaired) electrons. The Bertz CT molecular complexity index is 1610. The summed E-state index contributed by atoms with van der Waals surface area (Å²) in [7, 11) is 0. The summed E-state index contributed by atoms with van der Waals surface area (Å²) >= 11 is 0. The number of nitrogens with one attached hydrogen (secondary N) is 2. The Kier molecular flexibility index (Phi) is 5.29. The normalized spacial score (nSPS) is 24.4. The molecule has 1 atom stereocenters. The van der Waals surface area contributed by atoms with Crippen LogP contribution in [-0.4, -0.2) is 43.3 Å². The molecule has 11 nitrogen and oxygen atoms in total. The van der Waals surface area contributed by atoms with E-state index in [0.29, 0.717) is 28.5 Å². The van der Waals surface area contributed by atoms with Crippen LogP contribution in [0.4, 0.5) is 17.5 Å². The van der Waals surface area contributed by atoms with Gasteiger partial charge in [-0.05, 0) is 50.8 Å². The summed E-state index contributed by atoms with van der Waals surface area (Å²) in [5, 5.41) is 21.1. The zero-order chi connectivity index (χ0) is 27.7. The summed E-state index contributed by atoms with van der Waals surface area (Å²) in [5.74, 6) is 1.25. The number of cyclic esters (lactones) is 1. The Labute approximate surface area is 230 Å². The molecule has 8 rings (SSSR count). The summed E-state index contributed by atoms with van der Waals surface area (Å²) in [5.41, 5.74) is 8.52. The number of nitrogens with two attached hydrogens (primary N) is 1. The van der Waals surface area contributed by atoms with E-state index in [1.165, 1.54) is 0 Å². The van der Waals surface area contributed by atoms with Crippen LogP contribution in [0.3, 0.4) is 0 Å². The van der Waals surface area contributed by atoms with E-state index in [-0.39, 0.29) is 35.4 Å². The van der Waals surface area contributed by atoms with Gasteiger partial charge in [0.1, 0.15) is 17.0 Å². The minimum absolute atomic E-state index is 0.0875. The van der Waals surface area contributed by atoms with Crippen molar-refractivity contribution in [1.82, 2.24) is 20.1 Å². The maximum absolute atomic E-state index is 12.4. The van der Waals surface area contributed by atoms with Crippen molar-refractivity contribution in [2.75, 3.05) is 17.2 Å². The molecule has 4 aromatic rings. The van der Waals surface area contributed by atoms with Gasteiger partial charge in [-0.3, -0.25) is 0 Å². The lowest BCUT2D eigenvalue weighted by Crippen LogP contribution is -2.74. The molecule has 4 aliphatic rings. The molecule has 0 saturated heterocycles. The van der Waals surface area contributed by atoms with E-state index in [9.17, 15) is 9.90 Å². The van der Waals surface area contributed by atoms with Crippen molar-refractivity contribution < 1.29 is 19.2 Å². The standard InChI is InChI=1S/C29H29N7O4/c1-27(2)21-17(24(38)39-27)9-6-10-19(21)33-26-31-11-18(22(34-26)32-20(12-37)16-7-4-3-5-8-16)23-35-25(36-40-23)28-13-29(30,14-28)15-28/h3-11,20,37H,12-15,30H2,1-2H3,(H2,31,32,33,34)/t20-,28?,29?/m1/s1. The van der Waals surface area contributed by atoms with Gasteiger partial charge in [0.25, 0.3) is 5.89 Å². The van der Waals surface area contributed by atoms with Crippen LogP contribution in [0.25, 0.3) is 11.5 Å². The zero-order valence-corrected chi connectivity index (χ0v) is 22.1. The lowest BCUT2D eigenvalue weighted by Gasteiger charge is -2.67. The summed E-state index contributed by atoms with van der Waals surface area (Å²) in [6, 6.07) is 14.5. The van der Waals surface area contributed by atoms with Crippen LogP contribution in [0.15, 0.2) is 59.3 Å². The number of carbonyl (C=O) groups is 1. The predicted octanol–water partition coefficient (Wildman–Crippen LogP) is 3.95. The predicted molar refractivity (Wildman–Crippen MR) is 146 cm³/mol. The molecule has 3 heterocycles. The maximum atomic E-state index is 12.4. The van der Waals surface area contributed by atoms with Crippen molar-refractivity contribution in [2.24, 2.45) is 5.73 Å². The highest BCUT2D eigenvalue weighted by Crippen LogP contribution is 2.65. The number of anilines is 3. The second-order valence-electron chi connectivity index (χ2n) is 11.6. The van der Waals surface area contributed by atoms with Crippen LogP contribution in [-0.2, 0) is 15.8 Å². The molecular weight excluding hydrogens is 510 g/mol. The van der Waals surface area contributed by atoms with Gasteiger partial charge in [-0.2, -0.15) is 9.97 Å². The first-order valence-corrected chi connectivity index (χ1v) is 13.3. The number of fused-ring (bicyclic) bond motifs is 1. The largest absolute Gasteiger partial charge is 0.451 e. The number of aromatic nitrogens is 4. The van der Waals surface area contributed by atoms with Crippen molar-refractivity contribution in [3.63, 3.8) is 0 Å². The molecule has 3 aliphatic carbocycles. The second kappa shape index (κ2) is 8.57. The molecule has 2 aromatic carbocycles. The maximum Gasteiger partial charge on any atom is 0.339 e. The fraction of sp³-hybridized carbons (Fsp3) is 0.345. The number of carbonyl (C=O) groups excluding carboxylic acids is 1. The van der Waals surface area contributed by atoms with Gasteiger partial charge in [0.2, 0.25) is 5.95 Å². The summed E-state index contributed by atoms with van der Waals surface area (Å²) in [6.07, 6.45) is 4.17. The molecule has 0 unspecified atom stereocenters. The van der Waals surface area contributed by atoms with Crippen molar-refractivity contribution in [2.45, 2.75) is 55.7 Å². The third-order valence-corrected chi connectivity index (χ3v) is 8.17. The van der Waals surface area contributed by atoms with Gasteiger partial charge in [-0.1, -0.05) is 41.6 Å². The molecule has 5 N–H and O–H groups in total. The molecule has 2 aromatic heterocycles. The molecule has 11 heteroatoms. The van der Waals surface area contributed by atoms with Crippen LogP contribution in [0.5, 0.6) is 0 Å². The molecular formula is C29H29N7O4. The molecule has 40 heavy (non-hydrogen) atoms. The number of esters is 1. The Morgan fingerprint density at radius 2 is 1.82 bits per heavy atom. The Balaban J connectivity index is 1.26. The first-order valence-electron chi connectivity index (χ1n) is 13.3. The number of hydrogen-bond donors (Lipinski definition) is 4. The number of aliphatic hydroxyl groups excluding tert-OH is 1. The number of nitrogens with zero attached hydrogens (tertiary/aromatic N) is 4. The van der Waals surface area contributed by atoms with Gasteiger partial charge in [-0.25, -0.2) is 9.78 Å². The van der Waals surface area contributed by atoms with E-state index < -0.39 is 11.6 Å². The van der Waals surface area contributed by atoms with E-state index >= 15 is 0 Å². The summed E-state index contributed by atoms with van der Waals surface area (Å²) in [6.45, 7) is 3.51. The topological polar surface area (TPSA) is 161 Å². The molecule has 3 saturated carbocycles. The number of benzene rings is 2. The molecule has 1 aliphatic heterocycles. The lowest BCUT2D eigenvalue weighted by molar-refractivity contribution is -0.0664. The van der Waals surface area contributed by atoms with Gasteiger partial charge < -0.3 is 30.7 Å². The van der Waals surface area contributed by atoms with Gasteiger partial charge in [-0.15, -0.1) is 0 Å². The molecule has 3 fully saturated rings. The number of rotatable bonds is 8. The lowest BCUT2D eigenvalue weighted by atomic mass is 9.39. The molecule has 2 bridgehead atoms. The van der Waals surface area contributed by atoms with E-state index in [4.69, 9.17) is 25.0 Å². The molecule has 0 amide bonds. The van der Waals surface area contributed by atoms with Gasteiger partial charge >= 0.3 is 5.97 Å². The van der Waals surface area contributed by atoms with Gasteiger partial charge in [0.05, 0.1) is 18.2 Å². The van der Waals surface area contributed by atoms with E-state index in [0.717, 1.165) is 30.4 Å². The number of ether oxygens (including phenoxy) is 1. The van der Waals surface area contributed by atoms with Crippen LogP contribution in [0, 0.1) is 0 Å². The summed E-state index contributed by atoms with van der Waals surface area (Å²) in [4.78, 5) is 26.4. The Morgan fingerprint density at radius 1 is 1.05 bits per heavy atom. The highest BCUT2D eigenvalue weighted by molar-refractivity contribution is 5.97. The monoisotopic (exact) mass is 539 g/mol. The van der Waals surface area contributed by atoms with E-state index in [1.54, 1.807) is 18.3 Å². The third-order valence-electron chi connectivity index (χ3n) is 8.17. The smallest absolute Gasteiger partial charge is 0.339 e. The Hall–Kier alpha value is -4.35. The minimum Gasteiger partial charge on any atom is -0.451 e. The van der Waals surface area contributed by atoms with Gasteiger partial charge in [0, 0.05) is 28.4 Å². The van der Waals surface area contributed by atoms with E-state index in [1.807, 2.05) is 50.2 Å². The zero-order valence-electron chi connectivity index (χ0n) is 22.1. The quantitative estimate of drug-likeness (QED) is 0.240. The van der Waals surface area contributed by atoms with Gasteiger partial charge in [0.15, 0.2) is 5.82 Å². The number of hydrogen-bond acceptors (Lipinski definition) is 11. The fourth-order valence-electron chi connectivity index (χ4n) is 6.38. The summed E-state index contributed by atoms with van der Waals surface area (Å²) < 4.78 is 11.3. The van der Waals surface area contributed by atoms with Crippen LogP contribution >= 0.6 is 0 Å². The minimum atomic E-state index is -0.809. The second-order valence-corrected chi connectivity index (χ2v) is 11.6. The highest BCUT2D eigenvalue weighted by Gasteiger charge is 2.68. The van der Waals surface area contributed by atoms with Crippen molar-refractivity contribution in [1.29, 1.82) is 0 Å². The van der Waals surface area contributed by atoms with Crippen molar-refractivity contribution in [3.05, 3.63) is 77.2 Å². The average molecular weight is 540 g/mol. The third kappa shape index (κ3) is 3.84. The van der Waals surface area contributed by atoms with Crippen LogP contribution in [0.2, 0.25) is 0 Å². The fourth-order valence-corrected chi connectivity index (χ4v) is 6.38. The van der Waals surface area contributed by atoms with Crippen LogP contribution in [0.1, 0.15) is 66.5 Å². The average Bonchev–Trinajstić information content (AvgIpc) is 3.48. The SMILES string of the molecule is CC1(C)OC(=O)c2cccc(Nc3ncc(-c4nc(C56CC(N)(C5)C6)no4)c(N[C@H](CO)c4ccccc4)n3)c21. The Morgan fingerprint density at radius 3 is 2.55 bits per heavy atom. The van der Waals surface area contributed by atoms with Crippen molar-refractivity contribution in [3.8, 4) is 11.5 Å².